The van der Waals surface area contributed by atoms with E-state index in [0.717, 1.165) is 11.8 Å². The van der Waals surface area contributed by atoms with Gasteiger partial charge in [-0.25, -0.2) is 14.9 Å². The number of thioether (sulfide) groups is 1. The molecule has 0 aromatic carbocycles. The van der Waals surface area contributed by atoms with Crippen LogP contribution in [-0.4, -0.2) is 39.6 Å². The molecule has 8 heteroatoms. The Bertz CT molecular complexity index is 259. The van der Waals surface area contributed by atoms with E-state index in [-0.39, 0.29) is 0 Å². The summed E-state index contributed by atoms with van der Waals surface area (Å²) in [5.41, 5.74) is 0. The van der Waals surface area contributed by atoms with Crippen molar-refractivity contribution < 1.29 is 29.3 Å². The van der Waals surface area contributed by atoms with E-state index in [1.54, 1.807) is 0 Å². The topological polar surface area (TPSA) is 105 Å². The van der Waals surface area contributed by atoms with Crippen LogP contribution in [0.25, 0.3) is 0 Å². The van der Waals surface area contributed by atoms with Crippen molar-refractivity contribution in [3.05, 3.63) is 0 Å². The van der Waals surface area contributed by atoms with E-state index in [2.05, 4.69) is 14.8 Å². The number of carbonyl (C=O) groups is 2. The average Bonchev–Trinajstić information content (AvgIpc) is 2.28. The lowest BCUT2D eigenvalue weighted by Crippen LogP contribution is -2.44. The number of carboxylic acid groups (broad SMARTS) is 2. The van der Waals surface area contributed by atoms with Gasteiger partial charge in [-0.3, -0.25) is 0 Å². The van der Waals surface area contributed by atoms with Gasteiger partial charge in [-0.1, -0.05) is 11.8 Å². The molecule has 1 heterocycles. The molecular formula is C6H9NO6S. The Hall–Kier alpha value is -1.15. The van der Waals surface area contributed by atoms with Gasteiger partial charge in [-0.15, -0.1) is 0 Å². The summed E-state index contributed by atoms with van der Waals surface area (Å²) in [4.78, 5) is 20.4. The van der Waals surface area contributed by atoms with Crippen LogP contribution in [0.1, 0.15) is 6.92 Å². The van der Waals surface area contributed by atoms with Gasteiger partial charge in [0.2, 0.25) is 5.06 Å². The molecular weight excluding hydrogens is 214 g/mol. The molecule has 0 aromatic rings. The predicted octanol–water partition coefficient (Wildman–Crippen LogP) is 0.712. The zero-order chi connectivity index (χ0) is 10.8. The van der Waals surface area contributed by atoms with Gasteiger partial charge in [0.1, 0.15) is 0 Å². The van der Waals surface area contributed by atoms with E-state index in [4.69, 9.17) is 10.2 Å². The largest absolute Gasteiger partial charge is 0.508 e. The summed E-state index contributed by atoms with van der Waals surface area (Å²) in [6.07, 6.45) is -3.59. The Balaban J connectivity index is 2.46. The van der Waals surface area contributed by atoms with E-state index < -0.39 is 23.6 Å². The number of rotatable bonds is 2. The first-order valence-corrected chi connectivity index (χ1v) is 4.63. The van der Waals surface area contributed by atoms with Gasteiger partial charge in [-0.2, -0.15) is 0 Å². The van der Waals surface area contributed by atoms with Crippen molar-refractivity contribution in [2.75, 3.05) is 5.75 Å². The molecule has 1 rings (SSSR count). The van der Waals surface area contributed by atoms with Gasteiger partial charge < -0.3 is 19.7 Å². The fraction of sp³-hybridized carbons (Fsp3) is 0.667. The minimum Gasteiger partial charge on any atom is -0.450 e. The smallest absolute Gasteiger partial charge is 0.450 e. The van der Waals surface area contributed by atoms with Gasteiger partial charge in [-0.05, 0) is 0 Å². The lowest BCUT2D eigenvalue weighted by molar-refractivity contribution is -0.00891. The standard InChI is InChI=1S/C6H9NO6S/c1-6(13-5(10)11)7-3(2-14-6)12-4(8)9/h3,7H,2H2,1H3,(H,8,9)(H,10,11)/t3-,6?/m1/s1. The first kappa shape index (κ1) is 10.9. The molecule has 1 aliphatic heterocycles. The molecule has 2 atom stereocenters. The maximum Gasteiger partial charge on any atom is 0.508 e. The maximum absolute atomic E-state index is 10.3. The highest BCUT2D eigenvalue weighted by atomic mass is 32.2. The number of hydrogen-bond donors (Lipinski definition) is 3. The molecule has 80 valence electrons. The molecule has 1 aliphatic rings. The zero-order valence-electron chi connectivity index (χ0n) is 7.22. The lowest BCUT2D eigenvalue weighted by atomic mass is 10.5. The minimum absolute atomic E-state index is 0.302. The van der Waals surface area contributed by atoms with Crippen molar-refractivity contribution in [3.8, 4) is 0 Å². The van der Waals surface area contributed by atoms with Crippen LogP contribution in [-0.2, 0) is 9.47 Å². The van der Waals surface area contributed by atoms with Crippen LogP contribution >= 0.6 is 11.8 Å². The monoisotopic (exact) mass is 223 g/mol. The molecule has 0 aromatic heterocycles. The van der Waals surface area contributed by atoms with Crippen LogP contribution in [0.2, 0.25) is 0 Å². The van der Waals surface area contributed by atoms with Crippen molar-refractivity contribution in [2.24, 2.45) is 0 Å². The third kappa shape index (κ3) is 2.96. The van der Waals surface area contributed by atoms with Gasteiger partial charge in [0.15, 0.2) is 6.23 Å². The molecule has 14 heavy (non-hydrogen) atoms. The van der Waals surface area contributed by atoms with Gasteiger partial charge in [0.05, 0.1) is 0 Å². The fourth-order valence-corrected chi connectivity index (χ4v) is 1.99. The zero-order valence-corrected chi connectivity index (χ0v) is 8.04. The first-order chi connectivity index (χ1) is 6.41. The molecule has 7 nitrogen and oxygen atoms in total. The highest BCUT2D eigenvalue weighted by Gasteiger charge is 2.40. The number of hydrogen-bond acceptors (Lipinski definition) is 6. The SMILES string of the molecule is CC1(OC(=O)O)N[C@H](OC(=O)O)CS1. The minimum atomic E-state index is -1.43. The second-order valence-corrected chi connectivity index (χ2v) is 4.04. The summed E-state index contributed by atoms with van der Waals surface area (Å²) in [6, 6.07) is 0. The van der Waals surface area contributed by atoms with Crippen LogP contribution in [0.15, 0.2) is 0 Å². The Morgan fingerprint density at radius 2 is 2.14 bits per heavy atom. The second-order valence-electron chi connectivity index (χ2n) is 2.64. The van der Waals surface area contributed by atoms with E-state index in [9.17, 15) is 9.59 Å². The van der Waals surface area contributed by atoms with E-state index in [1.807, 2.05) is 0 Å². The normalized spacial score (nSPS) is 31.1. The van der Waals surface area contributed by atoms with Crippen LogP contribution in [0.3, 0.4) is 0 Å². The maximum atomic E-state index is 10.3. The van der Waals surface area contributed by atoms with Crippen molar-refractivity contribution in [3.63, 3.8) is 0 Å². The predicted molar refractivity (Wildman–Crippen MR) is 46.0 cm³/mol. The van der Waals surface area contributed by atoms with Crippen molar-refractivity contribution >= 4 is 24.1 Å². The molecule has 3 N–H and O–H groups in total. The third-order valence-electron chi connectivity index (χ3n) is 1.46. The summed E-state index contributed by atoms with van der Waals surface area (Å²) in [7, 11) is 0. The molecule has 0 aliphatic carbocycles. The molecule has 0 saturated carbocycles. The van der Waals surface area contributed by atoms with Gasteiger partial charge in [0.25, 0.3) is 0 Å². The Kier molecular flexibility index (Phi) is 3.06. The number of ether oxygens (including phenoxy) is 2. The summed E-state index contributed by atoms with van der Waals surface area (Å²) < 4.78 is 8.91. The molecule has 0 radical (unpaired) electrons. The fourth-order valence-electron chi connectivity index (χ4n) is 1.02. The highest BCUT2D eigenvalue weighted by Crippen LogP contribution is 2.31. The number of nitrogens with one attached hydrogen (secondary N) is 1. The Morgan fingerprint density at radius 3 is 2.64 bits per heavy atom. The molecule has 0 spiro atoms. The summed E-state index contributed by atoms with van der Waals surface area (Å²) >= 11 is 1.12. The highest BCUT2D eigenvalue weighted by molar-refractivity contribution is 8.00. The van der Waals surface area contributed by atoms with Crippen LogP contribution < -0.4 is 5.32 Å². The quantitative estimate of drug-likeness (QED) is 0.588. The van der Waals surface area contributed by atoms with E-state index in [1.165, 1.54) is 6.92 Å². The third-order valence-corrected chi connectivity index (χ3v) is 2.68. The molecule has 1 saturated heterocycles. The van der Waals surface area contributed by atoms with E-state index in [0.29, 0.717) is 5.75 Å². The second kappa shape index (κ2) is 3.93. The van der Waals surface area contributed by atoms with E-state index >= 15 is 0 Å². The summed E-state index contributed by atoms with van der Waals surface area (Å²) in [5.74, 6) is 0.302. The molecule has 1 unspecified atom stereocenters. The molecule has 0 amide bonds. The Morgan fingerprint density at radius 1 is 1.50 bits per heavy atom. The van der Waals surface area contributed by atoms with Crippen molar-refractivity contribution in [1.82, 2.24) is 5.32 Å². The summed E-state index contributed by atoms with van der Waals surface area (Å²) in [6.45, 7) is 1.48. The van der Waals surface area contributed by atoms with Crippen LogP contribution in [0.4, 0.5) is 9.59 Å². The molecule has 1 fully saturated rings. The Labute approximate surface area is 83.4 Å². The summed E-state index contributed by atoms with van der Waals surface area (Å²) in [5, 5.41) is 18.1. The van der Waals surface area contributed by atoms with Crippen LogP contribution in [0.5, 0.6) is 0 Å². The first-order valence-electron chi connectivity index (χ1n) is 3.64. The van der Waals surface area contributed by atoms with Gasteiger partial charge >= 0.3 is 12.3 Å². The van der Waals surface area contributed by atoms with Crippen molar-refractivity contribution in [2.45, 2.75) is 18.2 Å². The lowest BCUT2D eigenvalue weighted by Gasteiger charge is -2.22. The molecule has 0 bridgehead atoms. The van der Waals surface area contributed by atoms with Crippen molar-refractivity contribution in [1.29, 1.82) is 0 Å². The van der Waals surface area contributed by atoms with Gasteiger partial charge in [0, 0.05) is 12.7 Å². The average molecular weight is 223 g/mol. The van der Waals surface area contributed by atoms with Crippen LogP contribution in [0, 0.1) is 0 Å².